The zero-order valence-corrected chi connectivity index (χ0v) is 12.1. The van der Waals surface area contributed by atoms with Crippen molar-refractivity contribution < 1.29 is 13.2 Å². The molecule has 0 bridgehead atoms. The van der Waals surface area contributed by atoms with Crippen molar-refractivity contribution in [3.8, 4) is 0 Å². The van der Waals surface area contributed by atoms with E-state index in [0.717, 1.165) is 11.1 Å². The molecule has 2 rings (SSSR count). The minimum atomic E-state index is -3.45. The molecular weight excluding hydrogens is 274 g/mol. The molecule has 106 valence electrons. The van der Waals surface area contributed by atoms with E-state index in [0.29, 0.717) is 5.69 Å². The minimum absolute atomic E-state index is 0.234. The van der Waals surface area contributed by atoms with Crippen molar-refractivity contribution in [3.05, 3.63) is 59.7 Å². The van der Waals surface area contributed by atoms with Gasteiger partial charge in [-0.15, -0.1) is 0 Å². The summed E-state index contributed by atoms with van der Waals surface area (Å²) in [5.74, 6) is -0.342. The lowest BCUT2D eigenvalue weighted by Gasteiger charge is -2.08. The number of hydrogen-bond acceptors (Lipinski definition) is 4. The highest BCUT2D eigenvalue weighted by Crippen LogP contribution is 2.18. The van der Waals surface area contributed by atoms with Crippen LogP contribution in [0.3, 0.4) is 0 Å². The molecule has 0 heterocycles. The van der Waals surface area contributed by atoms with Crippen molar-refractivity contribution in [1.29, 1.82) is 0 Å². The molecule has 0 fully saturated rings. The summed E-state index contributed by atoms with van der Waals surface area (Å²) in [6, 6.07) is 14.1. The van der Waals surface area contributed by atoms with Crippen LogP contribution < -0.4 is 5.73 Å². The Labute approximate surface area is 119 Å². The van der Waals surface area contributed by atoms with E-state index < -0.39 is 9.84 Å². The largest absolute Gasteiger partial charge is 0.399 e. The third kappa shape index (κ3) is 3.59. The van der Waals surface area contributed by atoms with Crippen LogP contribution in [0, 0.1) is 6.92 Å². The van der Waals surface area contributed by atoms with Gasteiger partial charge in [-0.3, -0.25) is 0 Å². The predicted molar refractivity (Wildman–Crippen MR) is 78.9 cm³/mol. The Kier molecular flexibility index (Phi) is 4.42. The molecule has 0 atom stereocenters. The summed E-state index contributed by atoms with van der Waals surface area (Å²) in [6.45, 7) is 2.05. The molecule has 0 radical (unpaired) electrons. The van der Waals surface area contributed by atoms with E-state index in [2.05, 4.69) is 0 Å². The second-order valence-corrected chi connectivity index (χ2v) is 6.52. The maximum Gasteiger partial charge on any atom is 0.202 e. The van der Waals surface area contributed by atoms with Crippen LogP contribution in [0.4, 0.5) is 5.69 Å². The van der Waals surface area contributed by atoms with Gasteiger partial charge in [0.25, 0.3) is 0 Å². The summed E-state index contributed by atoms with van der Waals surface area (Å²) in [6.07, 6.45) is 0. The van der Waals surface area contributed by atoms with Gasteiger partial charge in [0, 0.05) is 5.69 Å². The number of hydrogen-bond donors (Lipinski definition) is 1. The van der Waals surface area contributed by atoms with Crippen LogP contribution in [0.5, 0.6) is 0 Å². The first kappa shape index (κ1) is 14.6. The molecule has 2 aromatic rings. The van der Waals surface area contributed by atoms with E-state index in [9.17, 15) is 8.42 Å². The molecule has 2 N–H and O–H groups in total. The van der Waals surface area contributed by atoms with Gasteiger partial charge in [-0.25, -0.2) is 8.42 Å². The zero-order chi connectivity index (χ0) is 14.6. The number of aryl methyl sites for hydroxylation is 1. The van der Waals surface area contributed by atoms with Crippen molar-refractivity contribution in [3.63, 3.8) is 0 Å². The van der Waals surface area contributed by atoms with Gasteiger partial charge in [0.2, 0.25) is 9.84 Å². The van der Waals surface area contributed by atoms with Crippen LogP contribution in [0.15, 0.2) is 53.4 Å². The summed E-state index contributed by atoms with van der Waals surface area (Å²) in [5, 5.41) is 0. The number of nitrogens with two attached hydrogens (primary N) is 1. The number of rotatable bonds is 5. The molecule has 0 saturated carbocycles. The van der Waals surface area contributed by atoms with Crippen molar-refractivity contribution in [2.24, 2.45) is 0 Å². The number of nitrogen functional groups attached to an aromatic ring is 1. The van der Waals surface area contributed by atoms with Crippen molar-refractivity contribution in [2.45, 2.75) is 18.4 Å². The summed E-state index contributed by atoms with van der Waals surface area (Å²) in [7, 11) is -3.45. The van der Waals surface area contributed by atoms with Gasteiger partial charge < -0.3 is 10.5 Å². The highest BCUT2D eigenvalue weighted by atomic mass is 32.2. The molecule has 4 nitrogen and oxygen atoms in total. The van der Waals surface area contributed by atoms with Gasteiger partial charge >= 0.3 is 0 Å². The molecule has 0 amide bonds. The van der Waals surface area contributed by atoms with Gasteiger partial charge in [-0.05, 0) is 36.2 Å². The van der Waals surface area contributed by atoms with Crippen LogP contribution >= 0.6 is 0 Å². The summed E-state index contributed by atoms with van der Waals surface area (Å²) in [5.41, 5.74) is 7.95. The van der Waals surface area contributed by atoms with Crippen LogP contribution in [-0.4, -0.2) is 14.4 Å². The standard InChI is InChI=1S/C15H17NO3S/c1-12-9-14(7-8-15(12)16)20(17,18)11-19-10-13-5-3-2-4-6-13/h2-9H,10-11,16H2,1H3. The Morgan fingerprint density at radius 3 is 2.45 bits per heavy atom. The normalized spacial score (nSPS) is 11.4. The molecule has 0 aliphatic carbocycles. The van der Waals surface area contributed by atoms with Crippen molar-refractivity contribution >= 4 is 15.5 Å². The molecule has 5 heteroatoms. The van der Waals surface area contributed by atoms with E-state index in [1.807, 2.05) is 30.3 Å². The van der Waals surface area contributed by atoms with Gasteiger partial charge in [0.15, 0.2) is 5.94 Å². The molecule has 20 heavy (non-hydrogen) atoms. The third-order valence-corrected chi connectivity index (χ3v) is 4.40. The predicted octanol–water partition coefficient (Wildman–Crippen LogP) is 2.53. The number of anilines is 1. The minimum Gasteiger partial charge on any atom is -0.399 e. The Bertz CT molecular complexity index is 682. The number of sulfone groups is 1. The molecule has 0 aromatic heterocycles. The fourth-order valence-corrected chi connectivity index (χ4v) is 2.82. The monoisotopic (exact) mass is 291 g/mol. The molecule has 2 aromatic carbocycles. The maximum atomic E-state index is 12.1. The van der Waals surface area contributed by atoms with Gasteiger partial charge in [0.05, 0.1) is 11.5 Å². The zero-order valence-electron chi connectivity index (χ0n) is 11.2. The molecule has 0 aliphatic heterocycles. The fourth-order valence-electron chi connectivity index (χ4n) is 1.75. The topological polar surface area (TPSA) is 69.4 Å². The van der Waals surface area contributed by atoms with Crippen LogP contribution in [0.1, 0.15) is 11.1 Å². The molecule has 0 unspecified atom stereocenters. The SMILES string of the molecule is Cc1cc(S(=O)(=O)COCc2ccccc2)ccc1N. The van der Waals surface area contributed by atoms with Gasteiger partial charge in [-0.1, -0.05) is 30.3 Å². The Morgan fingerprint density at radius 1 is 1.10 bits per heavy atom. The fraction of sp³-hybridized carbons (Fsp3) is 0.200. The van der Waals surface area contributed by atoms with Crippen molar-refractivity contribution in [2.75, 3.05) is 11.7 Å². The van der Waals surface area contributed by atoms with Gasteiger partial charge in [-0.2, -0.15) is 0 Å². The lowest BCUT2D eigenvalue weighted by Crippen LogP contribution is -2.10. The van der Waals surface area contributed by atoms with E-state index in [1.54, 1.807) is 19.1 Å². The summed E-state index contributed by atoms with van der Waals surface area (Å²) < 4.78 is 29.5. The lowest BCUT2D eigenvalue weighted by molar-refractivity contribution is 0.163. The maximum absolute atomic E-state index is 12.1. The van der Waals surface area contributed by atoms with E-state index in [4.69, 9.17) is 10.5 Å². The quantitative estimate of drug-likeness (QED) is 0.859. The highest BCUT2D eigenvalue weighted by molar-refractivity contribution is 7.91. The first-order chi connectivity index (χ1) is 9.49. The highest BCUT2D eigenvalue weighted by Gasteiger charge is 2.15. The molecular formula is C15H17NO3S. The second kappa shape index (κ2) is 6.07. The Morgan fingerprint density at radius 2 is 1.80 bits per heavy atom. The summed E-state index contributed by atoms with van der Waals surface area (Å²) >= 11 is 0. The average Bonchev–Trinajstić information content (AvgIpc) is 2.43. The van der Waals surface area contributed by atoms with E-state index >= 15 is 0 Å². The third-order valence-electron chi connectivity index (χ3n) is 2.95. The van der Waals surface area contributed by atoms with Crippen LogP contribution in [0.2, 0.25) is 0 Å². The smallest absolute Gasteiger partial charge is 0.202 e. The van der Waals surface area contributed by atoms with E-state index in [1.165, 1.54) is 6.07 Å². The average molecular weight is 291 g/mol. The lowest BCUT2D eigenvalue weighted by atomic mass is 10.2. The number of ether oxygens (including phenoxy) is 1. The van der Waals surface area contributed by atoms with E-state index in [-0.39, 0.29) is 17.4 Å². The molecule has 0 saturated heterocycles. The Hall–Kier alpha value is -1.85. The number of benzene rings is 2. The first-order valence-corrected chi connectivity index (χ1v) is 7.85. The van der Waals surface area contributed by atoms with Crippen molar-refractivity contribution in [1.82, 2.24) is 0 Å². The van der Waals surface area contributed by atoms with Crippen LogP contribution in [-0.2, 0) is 21.2 Å². The molecule has 0 aliphatic rings. The van der Waals surface area contributed by atoms with Crippen LogP contribution in [0.25, 0.3) is 0 Å². The second-order valence-electron chi connectivity index (χ2n) is 4.59. The van der Waals surface area contributed by atoms with Gasteiger partial charge in [0.1, 0.15) is 0 Å². The Balaban J connectivity index is 2.02. The first-order valence-electron chi connectivity index (χ1n) is 6.19. The summed E-state index contributed by atoms with van der Waals surface area (Å²) in [4.78, 5) is 0.234. The molecule has 0 spiro atoms.